The van der Waals surface area contributed by atoms with Gasteiger partial charge in [0.15, 0.2) is 0 Å². The van der Waals surface area contributed by atoms with Crippen molar-refractivity contribution in [3.63, 3.8) is 0 Å². The maximum absolute atomic E-state index is 12.2. The number of aryl methyl sites for hydroxylation is 1. The molecule has 3 nitrogen and oxygen atoms in total. The fourth-order valence-corrected chi connectivity index (χ4v) is 2.19. The van der Waals surface area contributed by atoms with Gasteiger partial charge in [-0.15, -0.1) is 0 Å². The monoisotopic (exact) mass is 268 g/mol. The molecule has 0 aromatic heterocycles. The number of nitrogens with two attached hydrogens (primary N) is 1. The summed E-state index contributed by atoms with van der Waals surface area (Å²) in [5, 5.41) is 0. The van der Waals surface area contributed by atoms with Gasteiger partial charge in [-0.1, -0.05) is 42.0 Å². The molecule has 0 aliphatic carbocycles. The maximum atomic E-state index is 12.2. The molecule has 0 radical (unpaired) electrons. The van der Waals surface area contributed by atoms with E-state index in [1.807, 2.05) is 62.5 Å². The highest BCUT2D eigenvalue weighted by Gasteiger charge is 2.10. The predicted octanol–water partition coefficient (Wildman–Crippen LogP) is 2.78. The van der Waals surface area contributed by atoms with Gasteiger partial charge in [-0.05, 0) is 30.2 Å². The normalized spacial score (nSPS) is 10.3. The van der Waals surface area contributed by atoms with Crippen LogP contribution in [0.5, 0.6) is 0 Å². The van der Waals surface area contributed by atoms with E-state index < -0.39 is 0 Å². The summed E-state index contributed by atoms with van der Waals surface area (Å²) in [6, 6.07) is 15.7. The highest BCUT2D eigenvalue weighted by Crippen LogP contribution is 2.11. The summed E-state index contributed by atoms with van der Waals surface area (Å²) < 4.78 is 0. The predicted molar refractivity (Wildman–Crippen MR) is 82.2 cm³/mol. The molecular formula is C17H20N2O. The van der Waals surface area contributed by atoms with E-state index in [9.17, 15) is 4.79 Å². The first-order chi connectivity index (χ1) is 9.54. The Morgan fingerprint density at radius 3 is 2.50 bits per heavy atom. The lowest BCUT2D eigenvalue weighted by atomic mass is 10.1. The van der Waals surface area contributed by atoms with Gasteiger partial charge in [-0.3, -0.25) is 4.79 Å². The van der Waals surface area contributed by atoms with Crippen LogP contribution in [-0.4, -0.2) is 17.9 Å². The Morgan fingerprint density at radius 1 is 1.10 bits per heavy atom. The molecule has 2 aromatic rings. The molecule has 3 heteroatoms. The van der Waals surface area contributed by atoms with E-state index in [0.29, 0.717) is 13.0 Å². The molecule has 20 heavy (non-hydrogen) atoms. The van der Waals surface area contributed by atoms with E-state index in [2.05, 4.69) is 0 Å². The molecule has 1 amide bonds. The van der Waals surface area contributed by atoms with Crippen LogP contribution in [-0.2, 0) is 17.8 Å². The summed E-state index contributed by atoms with van der Waals surface area (Å²) in [4.78, 5) is 13.9. The average Bonchev–Trinajstić information content (AvgIpc) is 2.38. The minimum atomic E-state index is 0.109. The Kier molecular flexibility index (Phi) is 4.41. The molecule has 2 N–H and O–H groups in total. The van der Waals surface area contributed by atoms with Crippen LogP contribution in [0, 0.1) is 6.92 Å². The zero-order chi connectivity index (χ0) is 14.5. The quantitative estimate of drug-likeness (QED) is 0.867. The van der Waals surface area contributed by atoms with Crippen molar-refractivity contribution in [1.82, 2.24) is 4.90 Å². The van der Waals surface area contributed by atoms with Crippen molar-refractivity contribution in [1.29, 1.82) is 0 Å². The fraction of sp³-hybridized carbons (Fsp3) is 0.235. The van der Waals surface area contributed by atoms with E-state index in [-0.39, 0.29) is 5.91 Å². The smallest absolute Gasteiger partial charge is 0.227 e. The molecule has 0 saturated heterocycles. The fourth-order valence-electron chi connectivity index (χ4n) is 2.19. The molecule has 0 bridgehead atoms. The number of nitrogens with zero attached hydrogens (tertiary/aromatic N) is 1. The molecule has 0 atom stereocenters. The van der Waals surface area contributed by atoms with Gasteiger partial charge in [0.25, 0.3) is 0 Å². The number of anilines is 1. The number of carbonyl (C=O) groups is 1. The Morgan fingerprint density at radius 2 is 1.80 bits per heavy atom. The summed E-state index contributed by atoms with van der Waals surface area (Å²) in [6.45, 7) is 2.61. The molecule has 0 aliphatic rings. The number of amides is 1. The lowest BCUT2D eigenvalue weighted by molar-refractivity contribution is -0.129. The van der Waals surface area contributed by atoms with Gasteiger partial charge in [0.1, 0.15) is 0 Å². The van der Waals surface area contributed by atoms with Crippen molar-refractivity contribution in [2.75, 3.05) is 12.8 Å². The molecule has 0 fully saturated rings. The third-order valence-electron chi connectivity index (χ3n) is 3.23. The molecule has 0 unspecified atom stereocenters. The molecule has 0 heterocycles. The Balaban J connectivity index is 1.98. The summed E-state index contributed by atoms with van der Waals surface area (Å²) in [6.07, 6.45) is 0.431. The van der Waals surface area contributed by atoms with Gasteiger partial charge in [0.2, 0.25) is 5.91 Å². The van der Waals surface area contributed by atoms with E-state index in [0.717, 1.165) is 16.8 Å². The second kappa shape index (κ2) is 6.24. The van der Waals surface area contributed by atoms with Gasteiger partial charge in [-0.2, -0.15) is 0 Å². The molecule has 2 rings (SSSR count). The van der Waals surface area contributed by atoms with Crippen LogP contribution < -0.4 is 5.73 Å². The third-order valence-corrected chi connectivity index (χ3v) is 3.23. The van der Waals surface area contributed by atoms with E-state index in [1.165, 1.54) is 5.56 Å². The van der Waals surface area contributed by atoms with Crippen LogP contribution in [0.15, 0.2) is 48.5 Å². The zero-order valence-electron chi connectivity index (χ0n) is 12.0. The topological polar surface area (TPSA) is 46.3 Å². The maximum Gasteiger partial charge on any atom is 0.227 e. The number of benzene rings is 2. The van der Waals surface area contributed by atoms with Crippen molar-refractivity contribution in [3.8, 4) is 0 Å². The van der Waals surface area contributed by atoms with Crippen molar-refractivity contribution in [3.05, 3.63) is 65.2 Å². The summed E-state index contributed by atoms with van der Waals surface area (Å²) >= 11 is 0. The Bertz CT molecular complexity index is 607. The molecule has 0 aliphatic heterocycles. The van der Waals surface area contributed by atoms with Crippen LogP contribution >= 0.6 is 0 Å². The van der Waals surface area contributed by atoms with Gasteiger partial charge >= 0.3 is 0 Å². The van der Waals surface area contributed by atoms with Crippen LogP contribution in [0.25, 0.3) is 0 Å². The number of rotatable bonds is 4. The largest absolute Gasteiger partial charge is 0.399 e. The van der Waals surface area contributed by atoms with Crippen LogP contribution in [0.1, 0.15) is 16.7 Å². The molecule has 2 aromatic carbocycles. The number of nitrogen functional groups attached to an aromatic ring is 1. The second-order valence-electron chi connectivity index (χ2n) is 5.16. The van der Waals surface area contributed by atoms with E-state index >= 15 is 0 Å². The second-order valence-corrected chi connectivity index (χ2v) is 5.16. The first-order valence-electron chi connectivity index (χ1n) is 6.68. The van der Waals surface area contributed by atoms with Crippen LogP contribution in [0.4, 0.5) is 5.69 Å². The highest BCUT2D eigenvalue weighted by atomic mass is 16.2. The zero-order valence-corrected chi connectivity index (χ0v) is 12.0. The van der Waals surface area contributed by atoms with Crippen molar-refractivity contribution in [2.45, 2.75) is 19.9 Å². The van der Waals surface area contributed by atoms with Gasteiger partial charge in [-0.25, -0.2) is 0 Å². The van der Waals surface area contributed by atoms with Crippen LogP contribution in [0.2, 0.25) is 0 Å². The number of hydrogen-bond donors (Lipinski definition) is 1. The van der Waals surface area contributed by atoms with Crippen LogP contribution in [0.3, 0.4) is 0 Å². The molecule has 0 saturated carbocycles. The number of hydrogen-bond acceptors (Lipinski definition) is 2. The van der Waals surface area contributed by atoms with Crippen molar-refractivity contribution >= 4 is 11.6 Å². The molecule has 104 valence electrons. The van der Waals surface area contributed by atoms with Gasteiger partial charge in [0, 0.05) is 19.3 Å². The van der Waals surface area contributed by atoms with E-state index in [4.69, 9.17) is 5.73 Å². The average molecular weight is 268 g/mol. The SMILES string of the molecule is Cc1cccc(CC(=O)N(C)Cc2cccc(N)c2)c1. The third kappa shape index (κ3) is 3.85. The minimum absolute atomic E-state index is 0.109. The minimum Gasteiger partial charge on any atom is -0.399 e. The number of likely N-dealkylation sites (N-methyl/N-ethyl adjacent to an activating group) is 1. The highest BCUT2D eigenvalue weighted by molar-refractivity contribution is 5.78. The lowest BCUT2D eigenvalue weighted by Gasteiger charge is -2.17. The van der Waals surface area contributed by atoms with Gasteiger partial charge in [0.05, 0.1) is 6.42 Å². The molecule has 0 spiro atoms. The molecular weight excluding hydrogens is 248 g/mol. The summed E-state index contributed by atoms with van der Waals surface area (Å²) in [5.74, 6) is 0.109. The summed E-state index contributed by atoms with van der Waals surface area (Å²) in [7, 11) is 1.82. The first-order valence-corrected chi connectivity index (χ1v) is 6.68. The number of carbonyl (C=O) groups excluding carboxylic acids is 1. The lowest BCUT2D eigenvalue weighted by Crippen LogP contribution is -2.27. The van der Waals surface area contributed by atoms with Gasteiger partial charge < -0.3 is 10.6 Å². The Hall–Kier alpha value is -2.29. The van der Waals surface area contributed by atoms with Crippen molar-refractivity contribution < 1.29 is 4.79 Å². The summed E-state index contributed by atoms with van der Waals surface area (Å²) in [5.41, 5.74) is 9.74. The standard InChI is InChI=1S/C17H20N2O/c1-13-5-3-6-14(9-13)11-17(20)19(2)12-15-7-4-8-16(18)10-15/h3-10H,11-12,18H2,1-2H3. The Labute approximate surface area is 120 Å². The van der Waals surface area contributed by atoms with Crippen molar-refractivity contribution in [2.24, 2.45) is 0 Å². The first kappa shape index (κ1) is 14.1. The van der Waals surface area contributed by atoms with E-state index in [1.54, 1.807) is 4.90 Å².